The molecule has 1 heterocycles. The number of ether oxygens (including phenoxy) is 1. The van der Waals surface area contributed by atoms with Gasteiger partial charge < -0.3 is 14.3 Å². The Morgan fingerprint density at radius 3 is 2.92 bits per heavy atom. The summed E-state index contributed by atoms with van der Waals surface area (Å²) in [4.78, 5) is 12.1. The number of hydrazone groups is 1. The van der Waals surface area contributed by atoms with E-state index in [4.69, 9.17) is 9.15 Å². The lowest BCUT2D eigenvalue weighted by molar-refractivity contribution is 0.0929. The Bertz CT molecular complexity index is 916. The Labute approximate surface area is 152 Å². The molecule has 1 aromatic heterocycles. The smallest absolute Gasteiger partial charge is 0.307 e. The number of hydrogen-bond donors (Lipinski definition) is 2. The van der Waals surface area contributed by atoms with Crippen molar-refractivity contribution >= 4 is 39.0 Å². The fourth-order valence-corrected chi connectivity index (χ4v) is 2.71. The number of fused-ring (bicyclic) bond motifs is 1. The Morgan fingerprint density at radius 2 is 2.16 bits per heavy atom. The Balaban J connectivity index is 1.73. The van der Waals surface area contributed by atoms with Crippen molar-refractivity contribution in [2.45, 2.75) is 6.92 Å². The van der Waals surface area contributed by atoms with Crippen LogP contribution in [-0.4, -0.2) is 23.8 Å². The number of carbonyl (C=O) groups is 1. The van der Waals surface area contributed by atoms with Crippen molar-refractivity contribution in [2.75, 3.05) is 6.61 Å². The van der Waals surface area contributed by atoms with Gasteiger partial charge in [0.05, 0.1) is 17.3 Å². The molecule has 2 N–H and O–H groups in total. The molecule has 2 aromatic carbocycles. The van der Waals surface area contributed by atoms with Crippen LogP contribution in [0.15, 0.2) is 56.5 Å². The highest BCUT2D eigenvalue weighted by Crippen LogP contribution is 2.35. The first-order chi connectivity index (χ1) is 12.1. The van der Waals surface area contributed by atoms with Crippen LogP contribution in [0.3, 0.4) is 0 Å². The summed E-state index contributed by atoms with van der Waals surface area (Å²) in [6.45, 7) is 2.24. The van der Waals surface area contributed by atoms with Gasteiger partial charge >= 0.3 is 5.91 Å². The van der Waals surface area contributed by atoms with Crippen molar-refractivity contribution in [1.29, 1.82) is 0 Å². The molecule has 0 atom stereocenters. The third-order valence-electron chi connectivity index (χ3n) is 3.38. The van der Waals surface area contributed by atoms with Gasteiger partial charge in [0, 0.05) is 5.39 Å². The van der Waals surface area contributed by atoms with Gasteiger partial charge in [-0.2, -0.15) is 5.10 Å². The number of phenols is 1. The summed E-state index contributed by atoms with van der Waals surface area (Å²) in [6.07, 6.45) is 1.45. The molecule has 128 valence electrons. The van der Waals surface area contributed by atoms with Crippen LogP contribution in [0.2, 0.25) is 0 Å². The van der Waals surface area contributed by atoms with Crippen molar-refractivity contribution in [1.82, 2.24) is 5.43 Å². The van der Waals surface area contributed by atoms with Crippen molar-refractivity contribution in [3.8, 4) is 11.5 Å². The summed E-state index contributed by atoms with van der Waals surface area (Å²) in [5.74, 6) is 0.0859. The minimum Gasteiger partial charge on any atom is -0.503 e. The van der Waals surface area contributed by atoms with Crippen molar-refractivity contribution < 1.29 is 19.1 Å². The van der Waals surface area contributed by atoms with E-state index >= 15 is 0 Å². The summed E-state index contributed by atoms with van der Waals surface area (Å²) in [6, 6.07) is 12.3. The number of halogens is 1. The van der Waals surface area contributed by atoms with Crippen molar-refractivity contribution in [3.05, 3.63) is 58.3 Å². The third-order valence-corrected chi connectivity index (χ3v) is 3.98. The molecule has 0 radical (unpaired) electrons. The first-order valence-corrected chi connectivity index (χ1v) is 8.35. The van der Waals surface area contributed by atoms with Gasteiger partial charge in [-0.1, -0.05) is 18.2 Å². The normalized spacial score (nSPS) is 11.1. The number of phenolic OH excluding ortho intramolecular Hbond substituents is 1. The number of nitrogens with one attached hydrogen (secondary N) is 1. The number of furan rings is 1. The molecule has 0 aliphatic heterocycles. The van der Waals surface area contributed by atoms with Gasteiger partial charge in [-0.05, 0) is 52.7 Å². The predicted octanol–water partition coefficient (Wildman–Crippen LogP) is 4.06. The van der Waals surface area contributed by atoms with Gasteiger partial charge in [0.15, 0.2) is 17.3 Å². The zero-order chi connectivity index (χ0) is 17.8. The molecule has 6 nitrogen and oxygen atoms in total. The fourth-order valence-electron chi connectivity index (χ4n) is 2.25. The standard InChI is InChI=1S/C18H15BrN2O4/c1-2-24-15-8-11(7-13(19)17(15)22)10-20-21-18(23)16-9-12-5-3-4-6-14(12)25-16/h3-10,22H,2H2,1H3,(H,21,23)/b20-10-. The maximum absolute atomic E-state index is 12.1. The molecular weight excluding hydrogens is 388 g/mol. The summed E-state index contributed by atoms with van der Waals surface area (Å²) < 4.78 is 11.3. The van der Waals surface area contributed by atoms with E-state index in [0.29, 0.717) is 28.0 Å². The number of nitrogens with zero attached hydrogens (tertiary/aromatic N) is 1. The SMILES string of the molecule is CCOc1cc(/C=N\NC(=O)c2cc3ccccc3o2)cc(Br)c1O. The number of amides is 1. The summed E-state index contributed by atoms with van der Waals surface area (Å²) >= 11 is 3.25. The molecule has 0 aliphatic carbocycles. The van der Waals surface area contributed by atoms with E-state index in [9.17, 15) is 9.90 Å². The van der Waals surface area contributed by atoms with Crippen LogP contribution in [-0.2, 0) is 0 Å². The van der Waals surface area contributed by atoms with Crippen molar-refractivity contribution in [2.24, 2.45) is 5.10 Å². The first kappa shape index (κ1) is 17.0. The number of carbonyl (C=O) groups excluding carboxylic acids is 1. The quantitative estimate of drug-likeness (QED) is 0.497. The van der Waals surface area contributed by atoms with Gasteiger partial charge in [0.25, 0.3) is 0 Å². The lowest BCUT2D eigenvalue weighted by Crippen LogP contribution is -2.16. The molecule has 0 saturated carbocycles. The molecule has 1 amide bonds. The summed E-state index contributed by atoms with van der Waals surface area (Å²) in [7, 11) is 0. The molecule has 0 bridgehead atoms. The first-order valence-electron chi connectivity index (χ1n) is 7.55. The lowest BCUT2D eigenvalue weighted by Gasteiger charge is -2.08. The molecule has 3 rings (SSSR count). The Kier molecular flexibility index (Phi) is 5.04. The zero-order valence-electron chi connectivity index (χ0n) is 13.3. The number of hydrogen-bond acceptors (Lipinski definition) is 5. The number of benzene rings is 2. The van der Waals surface area contributed by atoms with Gasteiger partial charge in [-0.25, -0.2) is 5.43 Å². The van der Waals surface area contributed by atoms with Crippen LogP contribution < -0.4 is 10.2 Å². The number of aromatic hydroxyl groups is 1. The highest BCUT2D eigenvalue weighted by molar-refractivity contribution is 9.10. The highest BCUT2D eigenvalue weighted by Gasteiger charge is 2.11. The molecule has 0 aliphatic rings. The van der Waals surface area contributed by atoms with E-state index in [-0.39, 0.29) is 11.5 Å². The van der Waals surface area contributed by atoms with E-state index < -0.39 is 5.91 Å². The van der Waals surface area contributed by atoms with E-state index in [1.165, 1.54) is 6.21 Å². The Hall–Kier alpha value is -2.80. The number of rotatable bonds is 5. The van der Waals surface area contributed by atoms with Crippen LogP contribution in [0.5, 0.6) is 11.5 Å². The molecule has 3 aromatic rings. The monoisotopic (exact) mass is 402 g/mol. The molecule has 0 spiro atoms. The second-order valence-electron chi connectivity index (χ2n) is 5.13. The maximum Gasteiger partial charge on any atom is 0.307 e. The number of para-hydroxylation sites is 1. The van der Waals surface area contributed by atoms with Crippen LogP contribution in [0.4, 0.5) is 0 Å². The topological polar surface area (TPSA) is 84.1 Å². The van der Waals surface area contributed by atoms with Crippen LogP contribution >= 0.6 is 15.9 Å². The van der Waals surface area contributed by atoms with E-state index in [1.807, 2.05) is 25.1 Å². The molecule has 25 heavy (non-hydrogen) atoms. The average Bonchev–Trinajstić information content (AvgIpc) is 3.03. The van der Waals surface area contributed by atoms with E-state index in [2.05, 4.69) is 26.5 Å². The summed E-state index contributed by atoms with van der Waals surface area (Å²) in [5, 5.41) is 14.7. The maximum atomic E-state index is 12.1. The second-order valence-corrected chi connectivity index (χ2v) is 5.98. The largest absolute Gasteiger partial charge is 0.503 e. The van der Waals surface area contributed by atoms with Crippen LogP contribution in [0, 0.1) is 0 Å². The van der Waals surface area contributed by atoms with E-state index in [1.54, 1.807) is 24.3 Å². The minimum atomic E-state index is -0.449. The highest BCUT2D eigenvalue weighted by atomic mass is 79.9. The van der Waals surface area contributed by atoms with Crippen LogP contribution in [0.1, 0.15) is 23.0 Å². The minimum absolute atomic E-state index is 0.0188. The fraction of sp³-hybridized carbons (Fsp3) is 0.111. The lowest BCUT2D eigenvalue weighted by atomic mass is 10.2. The molecule has 0 unspecified atom stereocenters. The van der Waals surface area contributed by atoms with E-state index in [0.717, 1.165) is 5.39 Å². The van der Waals surface area contributed by atoms with Gasteiger partial charge in [-0.3, -0.25) is 4.79 Å². The molecule has 0 fully saturated rings. The molecule has 0 saturated heterocycles. The predicted molar refractivity (Wildman–Crippen MR) is 98.3 cm³/mol. The van der Waals surface area contributed by atoms with Gasteiger partial charge in [0.2, 0.25) is 0 Å². The van der Waals surface area contributed by atoms with Crippen LogP contribution in [0.25, 0.3) is 11.0 Å². The zero-order valence-corrected chi connectivity index (χ0v) is 14.9. The van der Waals surface area contributed by atoms with Gasteiger partial charge in [-0.15, -0.1) is 0 Å². The summed E-state index contributed by atoms with van der Waals surface area (Å²) in [5.41, 5.74) is 3.70. The average molecular weight is 403 g/mol. The third kappa shape index (κ3) is 3.83. The second kappa shape index (κ2) is 7.40. The molecule has 7 heteroatoms. The molecular formula is C18H15BrN2O4. The van der Waals surface area contributed by atoms with Crippen molar-refractivity contribution in [3.63, 3.8) is 0 Å². The van der Waals surface area contributed by atoms with Gasteiger partial charge in [0.1, 0.15) is 5.58 Å². The Morgan fingerprint density at radius 1 is 1.36 bits per heavy atom.